The number of ketones is 1. The van der Waals surface area contributed by atoms with Gasteiger partial charge in [0, 0.05) is 23.6 Å². The van der Waals surface area contributed by atoms with Crippen molar-refractivity contribution in [3.63, 3.8) is 0 Å². The highest BCUT2D eigenvalue weighted by Gasteiger charge is 2.39. The summed E-state index contributed by atoms with van der Waals surface area (Å²) in [5.74, 6) is -1.83. The minimum atomic E-state index is -4.83. The molecule has 0 radical (unpaired) electrons. The third-order valence-electron chi connectivity index (χ3n) is 2.51. The predicted octanol–water partition coefficient (Wildman–Crippen LogP) is 3.53. The maximum Gasteiger partial charge on any atom is 0.454 e. The minimum absolute atomic E-state index is 0.357. The molecule has 1 heterocycles. The lowest BCUT2D eigenvalue weighted by atomic mass is 10.2. The molecule has 0 unspecified atom stereocenters. The molecule has 5 heteroatoms. The first-order valence-electron chi connectivity index (χ1n) is 5.24. The Labute approximate surface area is 102 Å². The summed E-state index contributed by atoms with van der Waals surface area (Å²) < 4.78 is 38.2. The van der Waals surface area contributed by atoms with Crippen molar-refractivity contribution in [1.29, 1.82) is 0 Å². The molecule has 0 atom stereocenters. The molecule has 1 aromatic heterocycles. The zero-order valence-electron chi connectivity index (χ0n) is 9.53. The number of carbonyl (C=O) groups is 1. The first-order chi connectivity index (χ1) is 8.38. The summed E-state index contributed by atoms with van der Waals surface area (Å²) in [5, 5.41) is 0. The maximum atomic E-state index is 12.3. The Morgan fingerprint density at radius 1 is 1.22 bits per heavy atom. The fraction of sp³-hybridized carbons (Fsp3) is 0.154. The highest BCUT2D eigenvalue weighted by Crippen LogP contribution is 2.22. The minimum Gasteiger partial charge on any atom is -0.323 e. The van der Waals surface area contributed by atoms with Crippen LogP contribution < -0.4 is 0 Å². The summed E-state index contributed by atoms with van der Waals surface area (Å²) >= 11 is 0. The lowest BCUT2D eigenvalue weighted by molar-refractivity contribution is -0.0885. The van der Waals surface area contributed by atoms with Crippen LogP contribution in [-0.2, 0) is 0 Å². The topological polar surface area (TPSA) is 22.0 Å². The van der Waals surface area contributed by atoms with E-state index in [1.807, 2.05) is 19.1 Å². The van der Waals surface area contributed by atoms with Crippen molar-refractivity contribution in [2.24, 2.45) is 0 Å². The molecule has 94 valence electrons. The quantitative estimate of drug-likeness (QED) is 0.750. The summed E-state index contributed by atoms with van der Waals surface area (Å²) in [7, 11) is 0. The van der Waals surface area contributed by atoms with E-state index in [-0.39, 0.29) is 5.56 Å². The van der Waals surface area contributed by atoms with Gasteiger partial charge in [-0.05, 0) is 30.7 Å². The van der Waals surface area contributed by atoms with Gasteiger partial charge in [-0.3, -0.25) is 4.79 Å². The zero-order chi connectivity index (χ0) is 13.3. The Morgan fingerprint density at radius 2 is 1.94 bits per heavy atom. The Bertz CT molecular complexity index is 584. The lowest BCUT2D eigenvalue weighted by Gasteiger charge is -2.04. The summed E-state index contributed by atoms with van der Waals surface area (Å²) in [6, 6.07) is 8.43. The largest absolute Gasteiger partial charge is 0.454 e. The molecule has 0 aliphatic rings. The van der Waals surface area contributed by atoms with Gasteiger partial charge < -0.3 is 4.57 Å². The highest BCUT2D eigenvalue weighted by molar-refractivity contribution is 6.00. The number of nitrogens with zero attached hydrogens (tertiary/aromatic N) is 1. The smallest absolute Gasteiger partial charge is 0.323 e. The van der Waals surface area contributed by atoms with Crippen molar-refractivity contribution in [1.82, 2.24) is 4.57 Å². The van der Waals surface area contributed by atoms with Crippen LogP contribution in [0.15, 0.2) is 42.7 Å². The van der Waals surface area contributed by atoms with Crippen molar-refractivity contribution in [3.8, 4) is 5.69 Å². The second kappa shape index (κ2) is 4.33. The summed E-state index contributed by atoms with van der Waals surface area (Å²) in [5.41, 5.74) is 1.35. The monoisotopic (exact) mass is 253 g/mol. The van der Waals surface area contributed by atoms with Crippen molar-refractivity contribution >= 4 is 5.78 Å². The molecule has 2 aromatic rings. The first kappa shape index (κ1) is 12.4. The van der Waals surface area contributed by atoms with Gasteiger partial charge in [-0.1, -0.05) is 12.1 Å². The summed E-state index contributed by atoms with van der Waals surface area (Å²) in [4.78, 5) is 11.0. The molecule has 0 saturated carbocycles. The van der Waals surface area contributed by atoms with Crippen LogP contribution in [0.1, 0.15) is 15.9 Å². The maximum absolute atomic E-state index is 12.3. The normalized spacial score (nSPS) is 11.6. The number of aryl methyl sites for hydroxylation is 1. The van der Waals surface area contributed by atoms with Gasteiger partial charge in [-0.2, -0.15) is 13.2 Å². The van der Waals surface area contributed by atoms with Crippen LogP contribution in [0, 0.1) is 6.92 Å². The van der Waals surface area contributed by atoms with Gasteiger partial charge >= 0.3 is 6.18 Å². The van der Waals surface area contributed by atoms with Gasteiger partial charge in [0.25, 0.3) is 5.78 Å². The lowest BCUT2D eigenvalue weighted by Crippen LogP contribution is -2.22. The molecular formula is C13H10F3NO. The number of hydrogen-bond acceptors (Lipinski definition) is 1. The summed E-state index contributed by atoms with van der Waals surface area (Å²) in [6.45, 7) is 1.88. The molecular weight excluding hydrogens is 243 g/mol. The SMILES string of the molecule is Cc1cccc(-n2ccc(C(=O)C(F)(F)F)c2)c1. The molecule has 18 heavy (non-hydrogen) atoms. The number of rotatable bonds is 2. The molecule has 0 amide bonds. The van der Waals surface area contributed by atoms with E-state index in [0.29, 0.717) is 0 Å². The number of benzene rings is 1. The number of hydrogen-bond donors (Lipinski definition) is 0. The first-order valence-corrected chi connectivity index (χ1v) is 5.24. The van der Waals surface area contributed by atoms with Crippen LogP contribution in [0.5, 0.6) is 0 Å². The number of halogens is 3. The number of aromatic nitrogens is 1. The van der Waals surface area contributed by atoms with E-state index in [2.05, 4.69) is 0 Å². The van der Waals surface area contributed by atoms with E-state index in [1.54, 1.807) is 12.1 Å². The van der Waals surface area contributed by atoms with Gasteiger partial charge in [0.2, 0.25) is 0 Å². The Hall–Kier alpha value is -2.04. The average Bonchev–Trinajstić information content (AvgIpc) is 2.75. The van der Waals surface area contributed by atoms with E-state index in [9.17, 15) is 18.0 Å². The van der Waals surface area contributed by atoms with E-state index >= 15 is 0 Å². The third kappa shape index (κ3) is 2.45. The van der Waals surface area contributed by atoms with Crippen molar-refractivity contribution < 1.29 is 18.0 Å². The molecule has 1 aromatic carbocycles. The molecule has 2 nitrogen and oxygen atoms in total. The molecule has 2 rings (SSSR count). The van der Waals surface area contributed by atoms with Crippen molar-refractivity contribution in [2.75, 3.05) is 0 Å². The Kier molecular flexibility index (Phi) is 2.98. The molecule has 0 spiro atoms. The van der Waals surface area contributed by atoms with Crippen LogP contribution in [0.4, 0.5) is 13.2 Å². The van der Waals surface area contributed by atoms with Crippen LogP contribution in [0.25, 0.3) is 5.69 Å². The molecule has 0 saturated heterocycles. The third-order valence-corrected chi connectivity index (χ3v) is 2.51. The zero-order valence-corrected chi connectivity index (χ0v) is 9.53. The molecule has 0 aliphatic carbocycles. The standard InChI is InChI=1S/C13H10F3NO/c1-9-3-2-4-11(7-9)17-6-5-10(8-17)12(18)13(14,15)16/h2-8H,1H3. The Balaban J connectivity index is 2.34. The fourth-order valence-electron chi connectivity index (χ4n) is 1.64. The fourth-order valence-corrected chi connectivity index (χ4v) is 1.64. The van der Waals surface area contributed by atoms with Crippen LogP contribution in [-0.4, -0.2) is 16.5 Å². The second-order valence-corrected chi connectivity index (χ2v) is 3.97. The molecule has 0 fully saturated rings. The number of Topliss-reactive ketones (excluding diaryl/α,β-unsaturated/α-hetero) is 1. The van der Waals surface area contributed by atoms with Crippen molar-refractivity contribution in [2.45, 2.75) is 13.1 Å². The van der Waals surface area contributed by atoms with E-state index in [4.69, 9.17) is 0 Å². The molecule has 0 N–H and O–H groups in total. The Morgan fingerprint density at radius 3 is 2.56 bits per heavy atom. The van der Waals surface area contributed by atoms with Gasteiger partial charge in [0.15, 0.2) is 0 Å². The van der Waals surface area contributed by atoms with Crippen LogP contribution in [0.3, 0.4) is 0 Å². The predicted molar refractivity (Wildman–Crippen MR) is 60.9 cm³/mol. The van der Waals surface area contributed by atoms with Crippen LogP contribution >= 0.6 is 0 Å². The van der Waals surface area contributed by atoms with Crippen molar-refractivity contribution in [3.05, 3.63) is 53.9 Å². The van der Waals surface area contributed by atoms with Gasteiger partial charge in [-0.25, -0.2) is 0 Å². The average molecular weight is 253 g/mol. The number of alkyl halides is 3. The van der Waals surface area contributed by atoms with Gasteiger partial charge in [0.1, 0.15) is 0 Å². The van der Waals surface area contributed by atoms with E-state index < -0.39 is 12.0 Å². The van der Waals surface area contributed by atoms with Crippen LogP contribution in [0.2, 0.25) is 0 Å². The molecule has 0 bridgehead atoms. The molecule has 0 aliphatic heterocycles. The summed E-state index contributed by atoms with van der Waals surface area (Å²) in [6.07, 6.45) is -2.21. The number of carbonyl (C=O) groups excluding carboxylic acids is 1. The second-order valence-electron chi connectivity index (χ2n) is 3.97. The van der Waals surface area contributed by atoms with E-state index in [0.717, 1.165) is 17.3 Å². The van der Waals surface area contributed by atoms with Gasteiger partial charge in [0.05, 0.1) is 0 Å². The van der Waals surface area contributed by atoms with Gasteiger partial charge in [-0.15, -0.1) is 0 Å². The highest BCUT2D eigenvalue weighted by atomic mass is 19.4. The van der Waals surface area contributed by atoms with E-state index in [1.165, 1.54) is 17.0 Å².